The van der Waals surface area contributed by atoms with Crippen LogP contribution >= 0.6 is 0 Å². The van der Waals surface area contributed by atoms with E-state index in [0.717, 1.165) is 30.9 Å². The van der Waals surface area contributed by atoms with E-state index in [1.165, 1.54) is 58.3 Å². The van der Waals surface area contributed by atoms with Gasteiger partial charge in [-0.1, -0.05) is 19.3 Å². The zero-order valence-corrected chi connectivity index (χ0v) is 15.8. The van der Waals surface area contributed by atoms with Gasteiger partial charge in [-0.05, 0) is 18.9 Å². The molecule has 0 N–H and O–H groups in total. The van der Waals surface area contributed by atoms with E-state index in [-0.39, 0.29) is 0 Å². The van der Waals surface area contributed by atoms with Gasteiger partial charge < -0.3 is 9.80 Å². The summed E-state index contributed by atoms with van der Waals surface area (Å²) in [5, 5.41) is 0. The Morgan fingerprint density at radius 1 is 0.920 bits per heavy atom. The fourth-order valence-corrected chi connectivity index (χ4v) is 4.50. The van der Waals surface area contributed by atoms with Crippen molar-refractivity contribution in [3.8, 4) is 0 Å². The highest BCUT2D eigenvalue weighted by molar-refractivity contribution is 5.44. The number of rotatable bonds is 4. The number of piperazine rings is 1. The molecule has 138 valence electrons. The van der Waals surface area contributed by atoms with Crippen molar-refractivity contribution < 1.29 is 0 Å². The van der Waals surface area contributed by atoms with E-state index in [1.54, 1.807) is 0 Å². The van der Waals surface area contributed by atoms with Crippen LogP contribution in [0.4, 0.5) is 11.8 Å². The standard InChI is InChI=1S/C19H32N6/c1-22(2)18-8-9-20-19(21-18)25-14-17(15-25)24-12-10-23(11-13-24)16-6-4-3-5-7-16/h8-9,16-17H,3-7,10-15H2,1-2H3. The molecule has 4 rings (SSSR count). The van der Waals surface area contributed by atoms with Crippen LogP contribution in [-0.2, 0) is 0 Å². The molecule has 1 aromatic heterocycles. The first-order valence-corrected chi connectivity index (χ1v) is 9.94. The minimum Gasteiger partial charge on any atom is -0.363 e. The van der Waals surface area contributed by atoms with Crippen LogP contribution in [0.1, 0.15) is 32.1 Å². The first-order valence-electron chi connectivity index (χ1n) is 9.94. The third-order valence-electron chi connectivity index (χ3n) is 6.19. The first kappa shape index (κ1) is 17.0. The molecular weight excluding hydrogens is 312 g/mol. The molecule has 6 heteroatoms. The zero-order valence-electron chi connectivity index (χ0n) is 15.8. The summed E-state index contributed by atoms with van der Waals surface area (Å²) < 4.78 is 0. The van der Waals surface area contributed by atoms with Crippen LogP contribution in [-0.4, -0.2) is 85.2 Å². The van der Waals surface area contributed by atoms with Gasteiger partial charge in [0.05, 0.1) is 0 Å². The van der Waals surface area contributed by atoms with Gasteiger partial charge in [0.1, 0.15) is 5.82 Å². The topological polar surface area (TPSA) is 38.7 Å². The summed E-state index contributed by atoms with van der Waals surface area (Å²) in [6, 6.07) is 3.52. The Balaban J connectivity index is 1.25. The third kappa shape index (κ3) is 3.75. The highest BCUT2D eigenvalue weighted by Crippen LogP contribution is 2.26. The SMILES string of the molecule is CN(C)c1ccnc(N2CC(N3CCN(C4CCCCC4)CC3)C2)n1. The smallest absolute Gasteiger partial charge is 0.227 e. The molecule has 0 amide bonds. The second-order valence-electron chi connectivity index (χ2n) is 8.03. The molecular formula is C19H32N6. The largest absolute Gasteiger partial charge is 0.363 e. The van der Waals surface area contributed by atoms with Crippen LogP contribution in [0, 0.1) is 0 Å². The van der Waals surface area contributed by atoms with E-state index in [2.05, 4.69) is 24.7 Å². The number of nitrogens with zero attached hydrogens (tertiary/aromatic N) is 6. The van der Waals surface area contributed by atoms with Crippen molar-refractivity contribution in [3.63, 3.8) is 0 Å². The molecule has 2 saturated heterocycles. The Hall–Kier alpha value is -1.40. The predicted octanol–water partition coefficient (Wildman–Crippen LogP) is 1.68. The van der Waals surface area contributed by atoms with Crippen molar-refractivity contribution in [2.45, 2.75) is 44.2 Å². The molecule has 0 bridgehead atoms. The highest BCUT2D eigenvalue weighted by Gasteiger charge is 2.36. The van der Waals surface area contributed by atoms with E-state index in [0.29, 0.717) is 6.04 Å². The summed E-state index contributed by atoms with van der Waals surface area (Å²) in [6.07, 6.45) is 9.05. The number of hydrogen-bond donors (Lipinski definition) is 0. The van der Waals surface area contributed by atoms with E-state index in [9.17, 15) is 0 Å². The van der Waals surface area contributed by atoms with Crippen LogP contribution in [0.25, 0.3) is 0 Å². The fourth-order valence-electron chi connectivity index (χ4n) is 4.50. The Morgan fingerprint density at radius 3 is 2.20 bits per heavy atom. The van der Waals surface area contributed by atoms with Crippen molar-refractivity contribution in [2.24, 2.45) is 0 Å². The molecule has 1 saturated carbocycles. The van der Waals surface area contributed by atoms with E-state index in [4.69, 9.17) is 0 Å². The van der Waals surface area contributed by atoms with Gasteiger partial charge in [0, 0.05) is 71.6 Å². The van der Waals surface area contributed by atoms with Gasteiger partial charge in [-0.3, -0.25) is 9.80 Å². The summed E-state index contributed by atoms with van der Waals surface area (Å²) in [4.78, 5) is 18.9. The molecule has 1 aromatic rings. The molecule has 6 nitrogen and oxygen atoms in total. The summed E-state index contributed by atoms with van der Waals surface area (Å²) in [5.74, 6) is 1.86. The molecule has 3 fully saturated rings. The Morgan fingerprint density at radius 2 is 1.56 bits per heavy atom. The molecule has 0 radical (unpaired) electrons. The molecule has 0 unspecified atom stereocenters. The first-order chi connectivity index (χ1) is 12.2. The van der Waals surface area contributed by atoms with E-state index >= 15 is 0 Å². The zero-order chi connectivity index (χ0) is 17.2. The van der Waals surface area contributed by atoms with Gasteiger partial charge >= 0.3 is 0 Å². The van der Waals surface area contributed by atoms with Crippen molar-refractivity contribution in [1.29, 1.82) is 0 Å². The lowest BCUT2D eigenvalue weighted by atomic mass is 9.93. The van der Waals surface area contributed by atoms with Gasteiger partial charge in [-0.25, -0.2) is 4.98 Å². The summed E-state index contributed by atoms with van der Waals surface area (Å²) in [6.45, 7) is 7.11. The van der Waals surface area contributed by atoms with Crippen molar-refractivity contribution in [1.82, 2.24) is 19.8 Å². The second kappa shape index (κ2) is 7.46. The number of hydrogen-bond acceptors (Lipinski definition) is 6. The maximum Gasteiger partial charge on any atom is 0.227 e. The van der Waals surface area contributed by atoms with Gasteiger partial charge in [-0.15, -0.1) is 0 Å². The quantitative estimate of drug-likeness (QED) is 0.827. The fraction of sp³-hybridized carbons (Fsp3) is 0.789. The van der Waals surface area contributed by atoms with E-state index < -0.39 is 0 Å². The summed E-state index contributed by atoms with van der Waals surface area (Å²) in [5.41, 5.74) is 0. The lowest BCUT2D eigenvalue weighted by Crippen LogP contribution is -2.64. The summed E-state index contributed by atoms with van der Waals surface area (Å²) >= 11 is 0. The van der Waals surface area contributed by atoms with Crippen LogP contribution in [0.5, 0.6) is 0 Å². The number of aromatic nitrogens is 2. The van der Waals surface area contributed by atoms with Crippen molar-refractivity contribution >= 4 is 11.8 Å². The van der Waals surface area contributed by atoms with Gasteiger partial charge in [0.25, 0.3) is 0 Å². The van der Waals surface area contributed by atoms with Crippen LogP contribution in [0.3, 0.4) is 0 Å². The molecule has 3 heterocycles. The predicted molar refractivity (Wildman–Crippen MR) is 102 cm³/mol. The van der Waals surface area contributed by atoms with Gasteiger partial charge in [0.2, 0.25) is 5.95 Å². The van der Waals surface area contributed by atoms with Crippen molar-refractivity contribution in [2.75, 3.05) is 63.2 Å². The maximum atomic E-state index is 4.66. The molecule has 0 aromatic carbocycles. The maximum absolute atomic E-state index is 4.66. The van der Waals surface area contributed by atoms with Gasteiger partial charge in [-0.2, -0.15) is 4.98 Å². The Labute approximate surface area is 151 Å². The summed E-state index contributed by atoms with van der Waals surface area (Å²) in [7, 11) is 4.05. The Kier molecular flexibility index (Phi) is 5.08. The van der Waals surface area contributed by atoms with Crippen LogP contribution in [0.15, 0.2) is 12.3 Å². The molecule has 25 heavy (non-hydrogen) atoms. The molecule has 0 atom stereocenters. The number of anilines is 2. The highest BCUT2D eigenvalue weighted by atomic mass is 15.4. The lowest BCUT2D eigenvalue weighted by molar-refractivity contribution is 0.0485. The normalized spacial score (nSPS) is 24.3. The van der Waals surface area contributed by atoms with Gasteiger partial charge in [0.15, 0.2) is 0 Å². The minimum absolute atomic E-state index is 0.681. The lowest BCUT2D eigenvalue weighted by Gasteiger charge is -2.49. The molecule has 2 aliphatic heterocycles. The van der Waals surface area contributed by atoms with Crippen LogP contribution in [0.2, 0.25) is 0 Å². The van der Waals surface area contributed by atoms with Crippen molar-refractivity contribution in [3.05, 3.63) is 12.3 Å². The van der Waals surface area contributed by atoms with E-state index in [1.807, 2.05) is 31.3 Å². The third-order valence-corrected chi connectivity index (χ3v) is 6.19. The Bertz CT molecular complexity index is 557. The second-order valence-corrected chi connectivity index (χ2v) is 8.03. The monoisotopic (exact) mass is 344 g/mol. The molecule has 1 aliphatic carbocycles. The molecule has 3 aliphatic rings. The average Bonchev–Trinajstić information content (AvgIpc) is 2.62. The van der Waals surface area contributed by atoms with Crippen LogP contribution < -0.4 is 9.80 Å². The molecule has 0 spiro atoms. The minimum atomic E-state index is 0.681. The average molecular weight is 345 g/mol.